The molecule has 0 saturated carbocycles. The minimum absolute atomic E-state index is 0.0931. The van der Waals surface area contributed by atoms with Gasteiger partial charge in [0.25, 0.3) is 0 Å². The molecular formula is C18H15NO2. The van der Waals surface area contributed by atoms with Gasteiger partial charge in [-0.05, 0) is 29.3 Å². The van der Waals surface area contributed by atoms with Crippen LogP contribution in [0.4, 0.5) is 0 Å². The SMILES string of the molecule is OCc1cc(Oc2ccc(-c3ccccc3)cc2)ccn1. The van der Waals surface area contributed by atoms with E-state index in [1.807, 2.05) is 42.5 Å². The van der Waals surface area contributed by atoms with E-state index < -0.39 is 0 Å². The summed E-state index contributed by atoms with van der Waals surface area (Å²) in [4.78, 5) is 4.02. The summed E-state index contributed by atoms with van der Waals surface area (Å²) in [6.45, 7) is -0.0931. The predicted molar refractivity (Wildman–Crippen MR) is 82.1 cm³/mol. The summed E-state index contributed by atoms with van der Waals surface area (Å²) in [6.07, 6.45) is 1.62. The predicted octanol–water partition coefficient (Wildman–Crippen LogP) is 4.03. The van der Waals surface area contributed by atoms with Crippen LogP contribution in [0.1, 0.15) is 5.69 Å². The molecule has 2 aromatic carbocycles. The van der Waals surface area contributed by atoms with Crippen molar-refractivity contribution in [2.45, 2.75) is 6.61 Å². The van der Waals surface area contributed by atoms with E-state index in [1.54, 1.807) is 18.3 Å². The molecule has 0 bridgehead atoms. The van der Waals surface area contributed by atoms with Crippen LogP contribution in [-0.4, -0.2) is 10.1 Å². The molecule has 1 aromatic heterocycles. The smallest absolute Gasteiger partial charge is 0.130 e. The Bertz CT molecular complexity index is 709. The summed E-state index contributed by atoms with van der Waals surface area (Å²) in [6, 6.07) is 21.6. The van der Waals surface area contributed by atoms with Crippen LogP contribution < -0.4 is 4.74 Å². The van der Waals surface area contributed by atoms with Crippen LogP contribution >= 0.6 is 0 Å². The highest BCUT2D eigenvalue weighted by Gasteiger charge is 2.01. The summed E-state index contributed by atoms with van der Waals surface area (Å²) < 4.78 is 5.76. The van der Waals surface area contributed by atoms with Crippen LogP contribution in [0, 0.1) is 0 Å². The number of nitrogens with zero attached hydrogens (tertiary/aromatic N) is 1. The number of aliphatic hydroxyl groups is 1. The van der Waals surface area contributed by atoms with Crippen LogP contribution in [0.3, 0.4) is 0 Å². The van der Waals surface area contributed by atoms with Gasteiger partial charge < -0.3 is 9.84 Å². The van der Waals surface area contributed by atoms with Crippen LogP contribution in [0.15, 0.2) is 72.9 Å². The molecule has 0 aliphatic carbocycles. The topological polar surface area (TPSA) is 42.4 Å². The second-order valence-electron chi connectivity index (χ2n) is 4.63. The Hall–Kier alpha value is -2.65. The van der Waals surface area contributed by atoms with Gasteiger partial charge in [-0.1, -0.05) is 42.5 Å². The lowest BCUT2D eigenvalue weighted by molar-refractivity contribution is 0.276. The van der Waals surface area contributed by atoms with Crippen LogP contribution in [0.2, 0.25) is 0 Å². The Labute approximate surface area is 123 Å². The van der Waals surface area contributed by atoms with E-state index >= 15 is 0 Å². The standard InChI is InChI=1S/C18H15NO2/c20-13-16-12-18(10-11-19-16)21-17-8-6-15(7-9-17)14-4-2-1-3-5-14/h1-12,20H,13H2. The molecule has 0 radical (unpaired) electrons. The minimum atomic E-state index is -0.0931. The van der Waals surface area contributed by atoms with Gasteiger partial charge >= 0.3 is 0 Å². The van der Waals surface area contributed by atoms with E-state index in [2.05, 4.69) is 17.1 Å². The van der Waals surface area contributed by atoms with Gasteiger partial charge in [-0.3, -0.25) is 4.98 Å². The van der Waals surface area contributed by atoms with E-state index in [0.29, 0.717) is 11.4 Å². The largest absolute Gasteiger partial charge is 0.457 e. The third kappa shape index (κ3) is 3.27. The average molecular weight is 277 g/mol. The summed E-state index contributed by atoms with van der Waals surface area (Å²) in [5.41, 5.74) is 2.91. The molecule has 1 N–H and O–H groups in total. The molecule has 0 atom stereocenters. The van der Waals surface area contributed by atoms with E-state index in [0.717, 1.165) is 11.3 Å². The van der Waals surface area contributed by atoms with Crippen molar-refractivity contribution >= 4 is 0 Å². The molecule has 0 saturated heterocycles. The van der Waals surface area contributed by atoms with E-state index in [4.69, 9.17) is 9.84 Å². The van der Waals surface area contributed by atoms with Crippen LogP contribution in [0.5, 0.6) is 11.5 Å². The first-order valence-electron chi connectivity index (χ1n) is 6.74. The molecule has 3 nitrogen and oxygen atoms in total. The second-order valence-corrected chi connectivity index (χ2v) is 4.63. The highest BCUT2D eigenvalue weighted by Crippen LogP contribution is 2.25. The van der Waals surface area contributed by atoms with Gasteiger partial charge in [-0.25, -0.2) is 0 Å². The maximum Gasteiger partial charge on any atom is 0.130 e. The highest BCUT2D eigenvalue weighted by molar-refractivity contribution is 5.64. The summed E-state index contributed by atoms with van der Waals surface area (Å²) in [7, 11) is 0. The number of hydrogen-bond donors (Lipinski definition) is 1. The zero-order valence-electron chi connectivity index (χ0n) is 11.4. The third-order valence-corrected chi connectivity index (χ3v) is 3.15. The van der Waals surface area contributed by atoms with Gasteiger partial charge in [0, 0.05) is 12.3 Å². The molecule has 3 rings (SSSR count). The molecule has 0 aliphatic rings. The summed E-state index contributed by atoms with van der Waals surface area (Å²) >= 11 is 0. The van der Waals surface area contributed by atoms with Crippen LogP contribution in [0.25, 0.3) is 11.1 Å². The molecule has 0 spiro atoms. The maximum absolute atomic E-state index is 9.07. The monoisotopic (exact) mass is 277 g/mol. The number of ether oxygens (including phenoxy) is 1. The number of pyridine rings is 1. The van der Waals surface area contributed by atoms with Crippen LogP contribution in [-0.2, 0) is 6.61 Å². The molecule has 104 valence electrons. The molecule has 0 aliphatic heterocycles. The van der Waals surface area contributed by atoms with Crippen molar-refractivity contribution in [1.82, 2.24) is 4.98 Å². The van der Waals surface area contributed by atoms with E-state index in [9.17, 15) is 0 Å². The Morgan fingerprint density at radius 3 is 2.24 bits per heavy atom. The number of benzene rings is 2. The normalized spacial score (nSPS) is 10.3. The molecular weight excluding hydrogens is 262 g/mol. The van der Waals surface area contributed by atoms with Crippen molar-refractivity contribution < 1.29 is 9.84 Å². The molecule has 21 heavy (non-hydrogen) atoms. The molecule has 0 unspecified atom stereocenters. The zero-order valence-corrected chi connectivity index (χ0v) is 11.4. The van der Waals surface area contributed by atoms with Crippen molar-refractivity contribution in [3.05, 3.63) is 78.6 Å². The number of rotatable bonds is 4. The average Bonchev–Trinajstić information content (AvgIpc) is 2.56. The highest BCUT2D eigenvalue weighted by atomic mass is 16.5. The minimum Gasteiger partial charge on any atom is -0.457 e. The number of aliphatic hydroxyl groups excluding tert-OH is 1. The molecule has 0 fully saturated rings. The van der Waals surface area contributed by atoms with Gasteiger partial charge in [-0.15, -0.1) is 0 Å². The first-order chi connectivity index (χ1) is 10.3. The molecule has 3 aromatic rings. The van der Waals surface area contributed by atoms with Gasteiger partial charge in [0.2, 0.25) is 0 Å². The first-order valence-corrected chi connectivity index (χ1v) is 6.74. The first kappa shape index (κ1) is 13.3. The quantitative estimate of drug-likeness (QED) is 0.782. The van der Waals surface area contributed by atoms with Crippen molar-refractivity contribution in [3.8, 4) is 22.6 Å². The summed E-state index contributed by atoms with van der Waals surface area (Å²) in [5.74, 6) is 1.42. The fourth-order valence-corrected chi connectivity index (χ4v) is 2.09. The van der Waals surface area contributed by atoms with Crippen molar-refractivity contribution in [3.63, 3.8) is 0 Å². The van der Waals surface area contributed by atoms with E-state index in [-0.39, 0.29) is 6.61 Å². The Morgan fingerprint density at radius 2 is 1.52 bits per heavy atom. The third-order valence-electron chi connectivity index (χ3n) is 3.15. The lowest BCUT2D eigenvalue weighted by atomic mass is 10.1. The number of hydrogen-bond acceptors (Lipinski definition) is 3. The Balaban J connectivity index is 1.78. The van der Waals surface area contributed by atoms with Crippen molar-refractivity contribution in [2.75, 3.05) is 0 Å². The number of aromatic nitrogens is 1. The van der Waals surface area contributed by atoms with Crippen molar-refractivity contribution in [2.24, 2.45) is 0 Å². The Kier molecular flexibility index (Phi) is 3.94. The fraction of sp³-hybridized carbons (Fsp3) is 0.0556. The Morgan fingerprint density at radius 1 is 0.810 bits per heavy atom. The second kappa shape index (κ2) is 6.20. The van der Waals surface area contributed by atoms with E-state index in [1.165, 1.54) is 5.56 Å². The summed E-state index contributed by atoms with van der Waals surface area (Å²) in [5, 5.41) is 9.07. The van der Waals surface area contributed by atoms with Gasteiger partial charge in [0.1, 0.15) is 11.5 Å². The molecule has 3 heteroatoms. The van der Waals surface area contributed by atoms with Gasteiger partial charge in [0.05, 0.1) is 12.3 Å². The molecule has 0 amide bonds. The zero-order chi connectivity index (χ0) is 14.5. The fourth-order valence-electron chi connectivity index (χ4n) is 2.09. The maximum atomic E-state index is 9.07. The molecule has 1 heterocycles. The van der Waals surface area contributed by atoms with Gasteiger partial charge in [-0.2, -0.15) is 0 Å². The van der Waals surface area contributed by atoms with Crippen molar-refractivity contribution in [1.29, 1.82) is 0 Å². The lowest BCUT2D eigenvalue weighted by Gasteiger charge is -2.07. The van der Waals surface area contributed by atoms with Gasteiger partial charge in [0.15, 0.2) is 0 Å². The lowest BCUT2D eigenvalue weighted by Crippen LogP contribution is -1.90.